The second kappa shape index (κ2) is 11.7. The summed E-state index contributed by atoms with van der Waals surface area (Å²) in [5.74, 6) is -1.76. The lowest BCUT2D eigenvalue weighted by molar-refractivity contribution is -0.137. The molecule has 7 nitrogen and oxygen atoms in total. The molecule has 0 atom stereocenters. The fourth-order valence-corrected chi connectivity index (χ4v) is 3.11. The van der Waals surface area contributed by atoms with Gasteiger partial charge in [-0.05, 0) is 54.6 Å². The predicted octanol–water partition coefficient (Wildman–Crippen LogP) is 5.42. The summed E-state index contributed by atoms with van der Waals surface area (Å²) < 4.78 is 62.8. The highest BCUT2D eigenvalue weighted by molar-refractivity contribution is 6.10. The van der Waals surface area contributed by atoms with Crippen molar-refractivity contribution in [3.8, 4) is 17.6 Å². The summed E-state index contributed by atoms with van der Waals surface area (Å²) >= 11 is 0. The maximum absolute atomic E-state index is 13.0. The molecule has 0 radical (unpaired) electrons. The van der Waals surface area contributed by atoms with Gasteiger partial charge in [0.05, 0.1) is 12.7 Å². The maximum Gasteiger partial charge on any atom is 0.416 e. The van der Waals surface area contributed by atoms with E-state index in [0.717, 1.165) is 24.3 Å². The van der Waals surface area contributed by atoms with Crippen LogP contribution in [0, 0.1) is 17.1 Å². The molecule has 3 aromatic rings. The normalized spacial score (nSPS) is 11.3. The van der Waals surface area contributed by atoms with E-state index >= 15 is 0 Å². The Morgan fingerprint density at radius 3 is 2.35 bits per heavy atom. The average Bonchev–Trinajstić information content (AvgIpc) is 2.87. The number of amides is 2. The number of nitrogens with one attached hydrogen (secondary N) is 2. The molecule has 37 heavy (non-hydrogen) atoms. The second-order valence-corrected chi connectivity index (χ2v) is 7.42. The van der Waals surface area contributed by atoms with Crippen molar-refractivity contribution in [3.05, 3.63) is 89.2 Å². The minimum Gasteiger partial charge on any atom is -0.493 e. The number of nitriles is 1. The first-order valence-corrected chi connectivity index (χ1v) is 10.6. The number of carbonyl (C=O) groups excluding carboxylic acids is 2. The van der Waals surface area contributed by atoms with Crippen molar-refractivity contribution in [1.29, 1.82) is 5.26 Å². The number of para-hydroxylation sites is 1. The number of anilines is 2. The molecule has 0 aliphatic carbocycles. The van der Waals surface area contributed by atoms with Crippen molar-refractivity contribution in [2.45, 2.75) is 6.18 Å². The molecule has 11 heteroatoms. The van der Waals surface area contributed by atoms with Crippen LogP contribution in [-0.4, -0.2) is 25.5 Å². The Morgan fingerprint density at radius 2 is 1.70 bits per heavy atom. The molecule has 3 aromatic carbocycles. The SMILES string of the molecule is COc1cccc(/C=C(/C#N)C(=O)Nc2cccc(C(F)(F)F)c2)c1OCC(=O)Nc1ccc(F)cc1. The van der Waals surface area contributed by atoms with Gasteiger partial charge in [-0.15, -0.1) is 0 Å². The van der Waals surface area contributed by atoms with Crippen molar-refractivity contribution in [1.82, 2.24) is 0 Å². The van der Waals surface area contributed by atoms with Crippen LogP contribution in [-0.2, 0) is 15.8 Å². The zero-order chi connectivity index (χ0) is 27.0. The Labute approximate surface area is 208 Å². The van der Waals surface area contributed by atoms with Gasteiger partial charge >= 0.3 is 6.18 Å². The molecule has 0 spiro atoms. The lowest BCUT2D eigenvalue weighted by atomic mass is 10.1. The van der Waals surface area contributed by atoms with Gasteiger partial charge in [0.2, 0.25) is 0 Å². The van der Waals surface area contributed by atoms with Crippen molar-refractivity contribution in [3.63, 3.8) is 0 Å². The van der Waals surface area contributed by atoms with Crippen LogP contribution in [0.3, 0.4) is 0 Å². The third-order valence-corrected chi connectivity index (χ3v) is 4.82. The number of methoxy groups -OCH3 is 1. The molecule has 2 amide bonds. The van der Waals surface area contributed by atoms with Crippen LogP contribution in [0.15, 0.2) is 72.3 Å². The molecule has 0 saturated carbocycles. The Balaban J connectivity index is 1.80. The number of rotatable bonds is 8. The topological polar surface area (TPSA) is 100 Å². The molecule has 0 fully saturated rings. The number of nitrogens with zero attached hydrogens (tertiary/aromatic N) is 1. The van der Waals surface area contributed by atoms with Crippen LogP contribution >= 0.6 is 0 Å². The summed E-state index contributed by atoms with van der Waals surface area (Å²) in [5, 5.41) is 14.3. The molecular formula is C26H19F4N3O4. The van der Waals surface area contributed by atoms with Crippen LogP contribution in [0.5, 0.6) is 11.5 Å². The second-order valence-electron chi connectivity index (χ2n) is 7.42. The molecule has 0 unspecified atom stereocenters. The number of benzene rings is 3. The molecular weight excluding hydrogens is 494 g/mol. The molecule has 3 rings (SSSR count). The van der Waals surface area contributed by atoms with Crippen LogP contribution in [0.1, 0.15) is 11.1 Å². The van der Waals surface area contributed by atoms with Crippen LogP contribution in [0.2, 0.25) is 0 Å². The zero-order valence-electron chi connectivity index (χ0n) is 19.2. The van der Waals surface area contributed by atoms with Gasteiger partial charge in [-0.3, -0.25) is 9.59 Å². The number of ether oxygens (including phenoxy) is 2. The number of hydrogen-bond acceptors (Lipinski definition) is 5. The van der Waals surface area contributed by atoms with Gasteiger partial charge in [0.25, 0.3) is 11.8 Å². The van der Waals surface area contributed by atoms with E-state index in [2.05, 4.69) is 10.6 Å². The van der Waals surface area contributed by atoms with Crippen molar-refractivity contribution < 1.29 is 36.6 Å². The van der Waals surface area contributed by atoms with Crippen LogP contribution in [0.4, 0.5) is 28.9 Å². The van der Waals surface area contributed by atoms with Gasteiger partial charge in [0.1, 0.15) is 17.5 Å². The van der Waals surface area contributed by atoms with Crippen molar-refractivity contribution in [2.75, 3.05) is 24.4 Å². The zero-order valence-corrected chi connectivity index (χ0v) is 19.2. The van der Waals surface area contributed by atoms with E-state index in [9.17, 15) is 32.4 Å². The third-order valence-electron chi connectivity index (χ3n) is 4.82. The quantitative estimate of drug-likeness (QED) is 0.238. The largest absolute Gasteiger partial charge is 0.493 e. The Kier molecular flexibility index (Phi) is 8.47. The van der Waals surface area contributed by atoms with Gasteiger partial charge in [-0.1, -0.05) is 18.2 Å². The Morgan fingerprint density at radius 1 is 1.00 bits per heavy atom. The highest BCUT2D eigenvalue weighted by atomic mass is 19.4. The highest BCUT2D eigenvalue weighted by Gasteiger charge is 2.30. The number of carbonyl (C=O) groups is 2. The van der Waals surface area contributed by atoms with E-state index in [0.29, 0.717) is 5.69 Å². The summed E-state index contributed by atoms with van der Waals surface area (Å²) in [4.78, 5) is 24.9. The molecule has 0 aliphatic rings. The van der Waals surface area contributed by atoms with Gasteiger partial charge in [-0.25, -0.2) is 4.39 Å². The minimum absolute atomic E-state index is 0.0406. The monoisotopic (exact) mass is 513 g/mol. The lowest BCUT2D eigenvalue weighted by Gasteiger charge is -2.14. The number of halogens is 4. The molecule has 0 bridgehead atoms. The standard InChI is InChI=1S/C26H19F4N3O4/c1-36-22-7-2-4-16(24(22)37-15-23(34)32-20-10-8-19(27)9-11-20)12-17(14-31)25(35)33-21-6-3-5-18(13-21)26(28,29)30/h2-13H,15H2,1H3,(H,32,34)(H,33,35)/b17-12-. The Hall–Kier alpha value is -4.85. The molecule has 0 aromatic heterocycles. The maximum atomic E-state index is 13.0. The first-order valence-electron chi connectivity index (χ1n) is 10.6. The summed E-state index contributed by atoms with van der Waals surface area (Å²) in [6.07, 6.45) is -3.46. The molecule has 0 saturated heterocycles. The summed E-state index contributed by atoms with van der Waals surface area (Å²) in [5.41, 5.74) is -1.01. The van der Waals surface area contributed by atoms with Crippen molar-refractivity contribution in [2.24, 2.45) is 0 Å². The summed E-state index contributed by atoms with van der Waals surface area (Å²) in [6.45, 7) is -0.489. The van der Waals surface area contributed by atoms with E-state index in [-0.39, 0.29) is 22.7 Å². The first kappa shape index (κ1) is 26.7. The average molecular weight is 513 g/mol. The summed E-state index contributed by atoms with van der Waals surface area (Å²) in [6, 6.07) is 15.3. The van der Waals surface area contributed by atoms with Gasteiger partial charge in [0, 0.05) is 16.9 Å². The smallest absolute Gasteiger partial charge is 0.416 e. The van der Waals surface area contributed by atoms with Gasteiger partial charge in [0.15, 0.2) is 18.1 Å². The molecule has 0 aliphatic heterocycles. The van der Waals surface area contributed by atoms with Gasteiger partial charge in [-0.2, -0.15) is 18.4 Å². The molecule has 190 valence electrons. The first-order chi connectivity index (χ1) is 17.6. The highest BCUT2D eigenvalue weighted by Crippen LogP contribution is 2.33. The molecule has 2 N–H and O–H groups in total. The van der Waals surface area contributed by atoms with E-state index in [1.165, 1.54) is 49.6 Å². The van der Waals surface area contributed by atoms with Crippen LogP contribution in [0.25, 0.3) is 6.08 Å². The van der Waals surface area contributed by atoms with E-state index in [4.69, 9.17) is 9.47 Å². The number of alkyl halides is 3. The van der Waals surface area contributed by atoms with E-state index in [1.807, 2.05) is 0 Å². The summed E-state index contributed by atoms with van der Waals surface area (Å²) in [7, 11) is 1.35. The minimum atomic E-state index is -4.61. The van der Waals surface area contributed by atoms with Crippen LogP contribution < -0.4 is 20.1 Å². The fourth-order valence-electron chi connectivity index (χ4n) is 3.11. The fraction of sp³-hybridized carbons (Fsp3) is 0.115. The third kappa shape index (κ3) is 7.32. The number of hydrogen-bond donors (Lipinski definition) is 2. The lowest BCUT2D eigenvalue weighted by Crippen LogP contribution is -2.20. The van der Waals surface area contributed by atoms with E-state index < -0.39 is 41.6 Å². The van der Waals surface area contributed by atoms with Crippen molar-refractivity contribution >= 4 is 29.3 Å². The Bertz CT molecular complexity index is 1360. The van der Waals surface area contributed by atoms with Gasteiger partial charge < -0.3 is 20.1 Å². The molecule has 0 heterocycles. The predicted molar refractivity (Wildman–Crippen MR) is 127 cm³/mol. The van der Waals surface area contributed by atoms with E-state index in [1.54, 1.807) is 12.1 Å².